The van der Waals surface area contributed by atoms with E-state index in [1.54, 1.807) is 7.11 Å². The summed E-state index contributed by atoms with van der Waals surface area (Å²) in [6.45, 7) is 5.72. The molecule has 2 nitrogen and oxygen atoms in total. The second kappa shape index (κ2) is 6.95. The SMILES string of the molecule is CCC(CC)CNC1CCCc2cc(OC)ccc21. The lowest BCUT2D eigenvalue weighted by Crippen LogP contribution is -2.29. The minimum Gasteiger partial charge on any atom is -0.497 e. The van der Waals surface area contributed by atoms with Gasteiger partial charge < -0.3 is 10.1 Å². The van der Waals surface area contributed by atoms with Gasteiger partial charge in [-0.05, 0) is 55.0 Å². The Labute approximate surface area is 117 Å². The fourth-order valence-corrected chi connectivity index (χ4v) is 3.02. The Morgan fingerprint density at radius 3 is 2.79 bits per heavy atom. The van der Waals surface area contributed by atoms with Crippen LogP contribution in [0.4, 0.5) is 0 Å². The molecule has 0 bridgehead atoms. The average molecular weight is 261 g/mol. The Morgan fingerprint density at radius 1 is 1.32 bits per heavy atom. The molecule has 0 spiro atoms. The summed E-state index contributed by atoms with van der Waals surface area (Å²) in [7, 11) is 1.74. The first-order valence-corrected chi connectivity index (χ1v) is 7.68. The molecular weight excluding hydrogens is 234 g/mol. The van der Waals surface area contributed by atoms with Crippen LogP contribution in [0.1, 0.15) is 56.7 Å². The number of nitrogens with one attached hydrogen (secondary N) is 1. The fourth-order valence-electron chi connectivity index (χ4n) is 3.02. The van der Waals surface area contributed by atoms with Gasteiger partial charge in [-0.3, -0.25) is 0 Å². The third-order valence-electron chi connectivity index (χ3n) is 4.47. The Bertz CT molecular complexity index is 398. The van der Waals surface area contributed by atoms with Gasteiger partial charge in [-0.25, -0.2) is 0 Å². The van der Waals surface area contributed by atoms with Crippen LogP contribution in [0.15, 0.2) is 18.2 Å². The first-order valence-electron chi connectivity index (χ1n) is 7.68. The van der Waals surface area contributed by atoms with Gasteiger partial charge in [-0.15, -0.1) is 0 Å². The molecule has 1 atom stereocenters. The molecule has 1 aromatic carbocycles. The molecule has 0 saturated carbocycles. The lowest BCUT2D eigenvalue weighted by Gasteiger charge is -2.28. The van der Waals surface area contributed by atoms with Gasteiger partial charge in [0.05, 0.1) is 7.11 Å². The summed E-state index contributed by atoms with van der Waals surface area (Å²) in [4.78, 5) is 0. The molecule has 0 heterocycles. The zero-order chi connectivity index (χ0) is 13.7. The van der Waals surface area contributed by atoms with Crippen molar-refractivity contribution in [2.45, 2.75) is 52.0 Å². The molecule has 1 N–H and O–H groups in total. The molecule has 0 aliphatic heterocycles. The first kappa shape index (κ1) is 14.4. The van der Waals surface area contributed by atoms with Crippen LogP contribution in [0, 0.1) is 5.92 Å². The van der Waals surface area contributed by atoms with Crippen LogP contribution >= 0.6 is 0 Å². The number of ether oxygens (including phenoxy) is 1. The van der Waals surface area contributed by atoms with Crippen molar-refractivity contribution in [1.29, 1.82) is 0 Å². The maximum atomic E-state index is 5.33. The number of aryl methyl sites for hydroxylation is 1. The van der Waals surface area contributed by atoms with Crippen LogP contribution < -0.4 is 10.1 Å². The van der Waals surface area contributed by atoms with Gasteiger partial charge in [0.2, 0.25) is 0 Å². The molecule has 0 radical (unpaired) electrons. The van der Waals surface area contributed by atoms with E-state index in [1.807, 2.05) is 0 Å². The van der Waals surface area contributed by atoms with E-state index in [1.165, 1.54) is 43.2 Å². The van der Waals surface area contributed by atoms with E-state index in [4.69, 9.17) is 4.74 Å². The minimum absolute atomic E-state index is 0.537. The van der Waals surface area contributed by atoms with Crippen LogP contribution in [-0.2, 0) is 6.42 Å². The fraction of sp³-hybridized carbons (Fsp3) is 0.647. The number of fused-ring (bicyclic) bond motifs is 1. The summed E-state index contributed by atoms with van der Waals surface area (Å²) in [6.07, 6.45) is 6.27. The van der Waals surface area contributed by atoms with Crippen molar-refractivity contribution in [2.75, 3.05) is 13.7 Å². The highest BCUT2D eigenvalue weighted by Crippen LogP contribution is 2.32. The van der Waals surface area contributed by atoms with Gasteiger partial charge in [0.1, 0.15) is 5.75 Å². The molecule has 0 saturated heterocycles. The van der Waals surface area contributed by atoms with E-state index in [-0.39, 0.29) is 0 Å². The van der Waals surface area contributed by atoms with Crippen molar-refractivity contribution in [3.05, 3.63) is 29.3 Å². The number of methoxy groups -OCH3 is 1. The van der Waals surface area contributed by atoms with Crippen LogP contribution in [0.3, 0.4) is 0 Å². The van der Waals surface area contributed by atoms with Gasteiger partial charge in [-0.1, -0.05) is 32.8 Å². The molecule has 19 heavy (non-hydrogen) atoms. The molecule has 1 aromatic rings. The van der Waals surface area contributed by atoms with Gasteiger partial charge in [0.25, 0.3) is 0 Å². The van der Waals surface area contributed by atoms with Crippen molar-refractivity contribution in [1.82, 2.24) is 5.32 Å². The monoisotopic (exact) mass is 261 g/mol. The predicted octanol–water partition coefficient (Wildman–Crippen LogP) is 4.10. The Morgan fingerprint density at radius 2 is 2.11 bits per heavy atom. The average Bonchev–Trinajstić information content (AvgIpc) is 2.47. The summed E-state index contributed by atoms with van der Waals surface area (Å²) >= 11 is 0. The van der Waals surface area contributed by atoms with E-state index >= 15 is 0 Å². The van der Waals surface area contributed by atoms with Crippen LogP contribution in [0.5, 0.6) is 5.75 Å². The number of benzene rings is 1. The van der Waals surface area contributed by atoms with E-state index < -0.39 is 0 Å². The van der Waals surface area contributed by atoms with Crippen molar-refractivity contribution in [3.8, 4) is 5.75 Å². The Balaban J connectivity index is 2.05. The highest BCUT2D eigenvalue weighted by Gasteiger charge is 2.20. The lowest BCUT2D eigenvalue weighted by atomic mass is 9.87. The number of hydrogen-bond donors (Lipinski definition) is 1. The summed E-state index contributed by atoms with van der Waals surface area (Å²) in [6, 6.07) is 7.09. The van der Waals surface area contributed by atoms with Gasteiger partial charge in [-0.2, -0.15) is 0 Å². The molecule has 0 aromatic heterocycles. The van der Waals surface area contributed by atoms with Gasteiger partial charge in [0, 0.05) is 6.04 Å². The normalized spacial score (nSPS) is 18.4. The molecular formula is C17H27NO. The summed E-state index contributed by atoms with van der Waals surface area (Å²) < 4.78 is 5.33. The third kappa shape index (κ3) is 3.50. The third-order valence-corrected chi connectivity index (χ3v) is 4.47. The van der Waals surface area contributed by atoms with Crippen molar-refractivity contribution in [3.63, 3.8) is 0 Å². The van der Waals surface area contributed by atoms with Crippen LogP contribution in [0.25, 0.3) is 0 Å². The first-order chi connectivity index (χ1) is 9.28. The van der Waals surface area contributed by atoms with E-state index in [0.717, 1.165) is 18.2 Å². The highest BCUT2D eigenvalue weighted by atomic mass is 16.5. The Kier molecular flexibility index (Phi) is 5.26. The maximum absolute atomic E-state index is 5.33. The molecule has 0 fully saturated rings. The van der Waals surface area contributed by atoms with Gasteiger partial charge in [0.15, 0.2) is 0 Å². The van der Waals surface area contributed by atoms with Crippen molar-refractivity contribution >= 4 is 0 Å². The zero-order valence-electron chi connectivity index (χ0n) is 12.5. The quantitative estimate of drug-likeness (QED) is 0.832. The van der Waals surface area contributed by atoms with E-state index in [9.17, 15) is 0 Å². The highest BCUT2D eigenvalue weighted by molar-refractivity contribution is 5.39. The molecule has 2 heteroatoms. The molecule has 1 unspecified atom stereocenters. The van der Waals surface area contributed by atoms with Crippen LogP contribution in [-0.4, -0.2) is 13.7 Å². The minimum atomic E-state index is 0.537. The largest absolute Gasteiger partial charge is 0.497 e. The van der Waals surface area contributed by atoms with E-state index in [2.05, 4.69) is 37.4 Å². The smallest absolute Gasteiger partial charge is 0.119 e. The number of rotatable bonds is 6. The summed E-state index contributed by atoms with van der Waals surface area (Å²) in [5, 5.41) is 3.78. The predicted molar refractivity (Wildman–Crippen MR) is 80.7 cm³/mol. The van der Waals surface area contributed by atoms with Gasteiger partial charge >= 0.3 is 0 Å². The molecule has 1 aliphatic carbocycles. The van der Waals surface area contributed by atoms with E-state index in [0.29, 0.717) is 6.04 Å². The van der Waals surface area contributed by atoms with Crippen LogP contribution in [0.2, 0.25) is 0 Å². The zero-order valence-corrected chi connectivity index (χ0v) is 12.5. The summed E-state index contributed by atoms with van der Waals surface area (Å²) in [5.41, 5.74) is 2.95. The second-order valence-corrected chi connectivity index (χ2v) is 5.60. The topological polar surface area (TPSA) is 21.3 Å². The molecule has 1 aliphatic rings. The summed E-state index contributed by atoms with van der Waals surface area (Å²) in [5.74, 6) is 1.79. The number of hydrogen-bond acceptors (Lipinski definition) is 2. The lowest BCUT2D eigenvalue weighted by molar-refractivity contribution is 0.383. The maximum Gasteiger partial charge on any atom is 0.119 e. The molecule has 106 valence electrons. The Hall–Kier alpha value is -1.02. The second-order valence-electron chi connectivity index (χ2n) is 5.60. The molecule has 0 amide bonds. The van der Waals surface area contributed by atoms with Crippen molar-refractivity contribution in [2.24, 2.45) is 5.92 Å². The van der Waals surface area contributed by atoms with Crippen molar-refractivity contribution < 1.29 is 4.74 Å². The standard InChI is InChI=1S/C17H27NO/c1-4-13(5-2)12-18-17-8-6-7-14-11-15(19-3)9-10-16(14)17/h9-11,13,17-18H,4-8,12H2,1-3H3. The molecule has 2 rings (SSSR count).